The maximum Gasteiger partial charge on any atom is 0.161 e. The molecule has 1 N–H and O–H groups in total. The van der Waals surface area contributed by atoms with Crippen LogP contribution in [0.5, 0.6) is 11.5 Å². The quantitative estimate of drug-likeness (QED) is 0.766. The van der Waals surface area contributed by atoms with Crippen LogP contribution in [0.4, 0.5) is 0 Å². The molecule has 0 amide bonds. The third kappa shape index (κ3) is 2.75. The number of phenolic OH excluding ortho intramolecular Hbond substituents is 1. The molecule has 2 heteroatoms. The van der Waals surface area contributed by atoms with Crippen molar-refractivity contribution in [3.05, 3.63) is 72.3 Å². The Morgan fingerprint density at radius 2 is 1.45 bits per heavy atom. The van der Waals surface area contributed by atoms with Crippen molar-refractivity contribution in [3.8, 4) is 11.5 Å². The second-order valence-corrected chi connectivity index (χ2v) is 4.75. The van der Waals surface area contributed by atoms with E-state index in [0.717, 1.165) is 17.2 Å². The normalized spacial score (nSPS) is 10.6. The molecule has 2 nitrogen and oxygen atoms in total. The van der Waals surface area contributed by atoms with E-state index in [9.17, 15) is 5.11 Å². The molecular weight excluding hydrogens is 248 g/mol. The Kier molecular flexibility index (Phi) is 3.55. The van der Waals surface area contributed by atoms with Crippen LogP contribution in [-0.4, -0.2) is 11.7 Å². The molecule has 0 unspecified atom stereocenters. The van der Waals surface area contributed by atoms with Gasteiger partial charge in [0.15, 0.2) is 11.5 Å². The molecule has 0 fully saturated rings. The lowest BCUT2D eigenvalue weighted by molar-refractivity contribution is 0.304. The summed E-state index contributed by atoms with van der Waals surface area (Å²) < 4.78 is 5.70. The first-order chi connectivity index (χ1) is 9.83. The molecule has 0 saturated heterocycles. The van der Waals surface area contributed by atoms with Gasteiger partial charge in [-0.3, -0.25) is 0 Å². The number of hydrogen-bond acceptors (Lipinski definition) is 2. The summed E-state index contributed by atoms with van der Waals surface area (Å²) in [4.78, 5) is 0. The van der Waals surface area contributed by atoms with Crippen LogP contribution in [-0.2, 0) is 6.42 Å². The van der Waals surface area contributed by atoms with E-state index in [4.69, 9.17) is 4.74 Å². The summed E-state index contributed by atoms with van der Waals surface area (Å²) >= 11 is 0. The Morgan fingerprint density at radius 3 is 2.20 bits per heavy atom. The number of rotatable bonds is 4. The second kappa shape index (κ2) is 5.66. The van der Waals surface area contributed by atoms with Gasteiger partial charge in [0.05, 0.1) is 6.61 Å². The lowest BCUT2D eigenvalue weighted by atomic mass is 10.1. The Bertz CT molecular complexity index is 705. The van der Waals surface area contributed by atoms with Crippen molar-refractivity contribution in [2.75, 3.05) is 6.61 Å². The van der Waals surface area contributed by atoms with Crippen LogP contribution in [0.3, 0.4) is 0 Å². The van der Waals surface area contributed by atoms with Crippen LogP contribution in [0.1, 0.15) is 5.56 Å². The summed E-state index contributed by atoms with van der Waals surface area (Å²) in [5.41, 5.74) is 1.23. The molecule has 3 rings (SSSR count). The predicted molar refractivity (Wildman–Crippen MR) is 81.3 cm³/mol. The molecule has 100 valence electrons. The van der Waals surface area contributed by atoms with Gasteiger partial charge in [-0.15, -0.1) is 0 Å². The standard InChI is InChI=1S/C18H16O2/c19-17-12-15-8-4-5-9-16(15)13-18(17)20-11-10-14-6-2-1-3-7-14/h1-9,12-13,19H,10-11H2. The lowest BCUT2D eigenvalue weighted by Crippen LogP contribution is -2.01. The molecule has 3 aromatic carbocycles. The van der Waals surface area contributed by atoms with E-state index in [-0.39, 0.29) is 5.75 Å². The molecule has 0 aliphatic carbocycles. The van der Waals surface area contributed by atoms with Gasteiger partial charge in [0.25, 0.3) is 0 Å². The highest BCUT2D eigenvalue weighted by Gasteiger charge is 2.04. The van der Waals surface area contributed by atoms with Crippen LogP contribution in [0, 0.1) is 0 Å². The first-order valence-corrected chi connectivity index (χ1v) is 6.71. The molecule has 0 saturated carbocycles. The van der Waals surface area contributed by atoms with Crippen LogP contribution < -0.4 is 4.74 Å². The minimum atomic E-state index is 0.191. The van der Waals surface area contributed by atoms with Crippen molar-refractivity contribution in [1.82, 2.24) is 0 Å². The van der Waals surface area contributed by atoms with Crippen molar-refractivity contribution in [3.63, 3.8) is 0 Å². The first-order valence-electron chi connectivity index (χ1n) is 6.71. The van der Waals surface area contributed by atoms with E-state index in [1.165, 1.54) is 5.56 Å². The molecule has 0 radical (unpaired) electrons. The van der Waals surface area contributed by atoms with Crippen molar-refractivity contribution in [2.24, 2.45) is 0 Å². The van der Waals surface area contributed by atoms with Gasteiger partial charge in [-0.2, -0.15) is 0 Å². The van der Waals surface area contributed by atoms with Crippen LogP contribution in [0.15, 0.2) is 66.7 Å². The average Bonchev–Trinajstić information content (AvgIpc) is 2.49. The van der Waals surface area contributed by atoms with Crippen molar-refractivity contribution in [2.45, 2.75) is 6.42 Å². The van der Waals surface area contributed by atoms with Gasteiger partial charge >= 0.3 is 0 Å². The van der Waals surface area contributed by atoms with Crippen molar-refractivity contribution >= 4 is 10.8 Å². The van der Waals surface area contributed by atoms with E-state index in [0.29, 0.717) is 12.4 Å². The molecule has 0 aliphatic rings. The van der Waals surface area contributed by atoms with Gasteiger partial charge in [0.1, 0.15) is 0 Å². The zero-order valence-corrected chi connectivity index (χ0v) is 11.1. The number of fused-ring (bicyclic) bond motifs is 1. The molecule has 0 atom stereocenters. The predicted octanol–water partition coefficient (Wildman–Crippen LogP) is 4.17. The lowest BCUT2D eigenvalue weighted by Gasteiger charge is -2.09. The Balaban J connectivity index is 1.72. The minimum Gasteiger partial charge on any atom is -0.504 e. The van der Waals surface area contributed by atoms with Crippen LogP contribution in [0.2, 0.25) is 0 Å². The Morgan fingerprint density at radius 1 is 0.800 bits per heavy atom. The molecule has 0 aliphatic heterocycles. The highest BCUT2D eigenvalue weighted by atomic mass is 16.5. The van der Waals surface area contributed by atoms with Crippen molar-refractivity contribution < 1.29 is 9.84 Å². The number of aromatic hydroxyl groups is 1. The van der Waals surface area contributed by atoms with Crippen LogP contribution >= 0.6 is 0 Å². The summed E-state index contributed by atoms with van der Waals surface area (Å²) in [6, 6.07) is 21.7. The first kappa shape index (κ1) is 12.5. The number of phenols is 1. The molecule has 0 spiro atoms. The summed E-state index contributed by atoms with van der Waals surface area (Å²) in [6.45, 7) is 0.552. The number of ether oxygens (including phenoxy) is 1. The monoisotopic (exact) mass is 264 g/mol. The van der Waals surface area contributed by atoms with Gasteiger partial charge in [-0.1, -0.05) is 54.6 Å². The van der Waals surface area contributed by atoms with E-state index in [2.05, 4.69) is 12.1 Å². The van der Waals surface area contributed by atoms with E-state index >= 15 is 0 Å². The smallest absolute Gasteiger partial charge is 0.161 e. The molecule has 0 heterocycles. The van der Waals surface area contributed by atoms with Gasteiger partial charge in [0, 0.05) is 6.42 Å². The number of hydrogen-bond donors (Lipinski definition) is 1. The molecule has 0 bridgehead atoms. The van der Waals surface area contributed by atoms with Gasteiger partial charge in [0.2, 0.25) is 0 Å². The maximum absolute atomic E-state index is 9.98. The van der Waals surface area contributed by atoms with Gasteiger partial charge < -0.3 is 9.84 Å². The van der Waals surface area contributed by atoms with Crippen LogP contribution in [0.25, 0.3) is 10.8 Å². The largest absolute Gasteiger partial charge is 0.504 e. The highest BCUT2D eigenvalue weighted by Crippen LogP contribution is 2.31. The molecule has 20 heavy (non-hydrogen) atoms. The van der Waals surface area contributed by atoms with Crippen molar-refractivity contribution in [1.29, 1.82) is 0 Å². The summed E-state index contributed by atoms with van der Waals surface area (Å²) in [5, 5.41) is 12.1. The maximum atomic E-state index is 9.98. The topological polar surface area (TPSA) is 29.5 Å². The third-order valence-electron chi connectivity index (χ3n) is 3.32. The second-order valence-electron chi connectivity index (χ2n) is 4.75. The fourth-order valence-electron chi connectivity index (χ4n) is 2.25. The molecular formula is C18H16O2. The minimum absolute atomic E-state index is 0.191. The molecule has 3 aromatic rings. The zero-order chi connectivity index (χ0) is 13.8. The highest BCUT2D eigenvalue weighted by molar-refractivity contribution is 5.85. The fraction of sp³-hybridized carbons (Fsp3) is 0.111. The summed E-state index contributed by atoms with van der Waals surface area (Å²) in [7, 11) is 0. The summed E-state index contributed by atoms with van der Waals surface area (Å²) in [6.07, 6.45) is 0.826. The zero-order valence-electron chi connectivity index (χ0n) is 11.1. The van der Waals surface area contributed by atoms with E-state index < -0.39 is 0 Å². The van der Waals surface area contributed by atoms with E-state index in [1.807, 2.05) is 48.5 Å². The van der Waals surface area contributed by atoms with Gasteiger partial charge in [-0.25, -0.2) is 0 Å². The molecule has 0 aromatic heterocycles. The average molecular weight is 264 g/mol. The fourth-order valence-corrected chi connectivity index (χ4v) is 2.25. The third-order valence-corrected chi connectivity index (χ3v) is 3.32. The van der Waals surface area contributed by atoms with Gasteiger partial charge in [-0.05, 0) is 28.5 Å². The Labute approximate surface area is 118 Å². The van der Waals surface area contributed by atoms with E-state index in [1.54, 1.807) is 6.07 Å². The Hall–Kier alpha value is -2.48. The summed E-state index contributed by atoms with van der Waals surface area (Å²) in [5.74, 6) is 0.733. The number of benzene rings is 3. The SMILES string of the molecule is Oc1cc2ccccc2cc1OCCc1ccccc1.